The van der Waals surface area contributed by atoms with Gasteiger partial charge in [0.1, 0.15) is 9.97 Å². The predicted octanol–water partition coefficient (Wildman–Crippen LogP) is 0.369. The number of carbonyl (C=O) groups excluding carboxylic acids is 1. The molecule has 0 aliphatic rings. The van der Waals surface area contributed by atoms with Crippen LogP contribution in [-0.4, -0.2) is 58.0 Å². The molecule has 0 spiro atoms. The first-order valence-electron chi connectivity index (χ1n) is 9.40. The van der Waals surface area contributed by atoms with Crippen molar-refractivity contribution >= 4 is 63.2 Å². The van der Waals surface area contributed by atoms with E-state index in [4.69, 9.17) is 10.8 Å². The van der Waals surface area contributed by atoms with Crippen molar-refractivity contribution in [1.29, 1.82) is 0 Å². The first-order chi connectivity index (χ1) is 15.6. The summed E-state index contributed by atoms with van der Waals surface area (Å²) in [6, 6.07) is 4.84. The highest BCUT2D eigenvalue weighted by Gasteiger charge is 2.26. The lowest BCUT2D eigenvalue weighted by Crippen LogP contribution is -2.43. The Morgan fingerprint density at radius 2 is 1.82 bits per heavy atom. The monoisotopic (exact) mass is 567 g/mol. The van der Waals surface area contributed by atoms with Gasteiger partial charge in [-0.3, -0.25) is 19.4 Å². The van der Waals surface area contributed by atoms with Gasteiger partial charge in [0.25, 0.3) is 11.5 Å². The van der Waals surface area contributed by atoms with Gasteiger partial charge in [0.05, 0.1) is 18.4 Å². The van der Waals surface area contributed by atoms with Crippen LogP contribution in [0, 0.1) is 0 Å². The van der Waals surface area contributed by atoms with Crippen LogP contribution in [0.1, 0.15) is 22.5 Å². The van der Waals surface area contributed by atoms with Gasteiger partial charge in [-0.05, 0) is 24.3 Å². The SMILES string of the molecule is Nc1nc2ncc(CNc3ccc(C(=O)NC(CC(I)C(=O)O)C(=O)O)cc3)nc2c(=O)[nH]1. The molecule has 1 aromatic carbocycles. The number of nitrogens with two attached hydrogens (primary N) is 1. The number of nitrogen functional groups attached to an aromatic ring is 1. The summed E-state index contributed by atoms with van der Waals surface area (Å²) in [5.41, 5.74) is 6.47. The number of aromatic nitrogens is 4. The van der Waals surface area contributed by atoms with Crippen molar-refractivity contribution in [3.05, 3.63) is 52.1 Å². The number of H-pyrrole nitrogens is 1. The number of carbonyl (C=O) groups is 3. The number of nitrogens with zero attached hydrogens (tertiary/aromatic N) is 3. The number of fused-ring (bicyclic) bond motifs is 1. The van der Waals surface area contributed by atoms with Crippen LogP contribution >= 0.6 is 22.6 Å². The molecule has 172 valence electrons. The number of hydrogen-bond donors (Lipinski definition) is 6. The molecule has 0 aliphatic carbocycles. The standard InChI is InChI=1S/C19H18IN7O6/c20-11(17(30)31)5-12(18(32)33)25-15(28)8-1-3-9(4-2-8)22-6-10-7-23-14-13(24-10)16(29)27-19(21)26-14/h1-4,7,11-12,22H,5-6H2,(H,25,28)(H,30,31)(H,32,33)(H3,21,23,26,27,29). The van der Waals surface area contributed by atoms with Crippen molar-refractivity contribution in [2.24, 2.45) is 0 Å². The van der Waals surface area contributed by atoms with Crippen LogP contribution in [0.3, 0.4) is 0 Å². The minimum atomic E-state index is -1.34. The van der Waals surface area contributed by atoms with Crippen molar-refractivity contribution in [2.45, 2.75) is 22.9 Å². The Morgan fingerprint density at radius 3 is 2.45 bits per heavy atom. The summed E-state index contributed by atoms with van der Waals surface area (Å²) in [5.74, 6) is -3.18. The molecule has 2 aromatic heterocycles. The Labute approximate surface area is 199 Å². The van der Waals surface area contributed by atoms with E-state index < -0.39 is 33.4 Å². The zero-order valence-electron chi connectivity index (χ0n) is 16.8. The predicted molar refractivity (Wildman–Crippen MR) is 125 cm³/mol. The average molecular weight is 567 g/mol. The molecule has 0 saturated carbocycles. The first kappa shape index (κ1) is 23.8. The number of halogens is 1. The van der Waals surface area contributed by atoms with Crippen LogP contribution in [0.15, 0.2) is 35.3 Å². The molecule has 2 heterocycles. The molecule has 0 radical (unpaired) electrons. The summed E-state index contributed by atoms with van der Waals surface area (Å²) in [5, 5.41) is 23.6. The Balaban J connectivity index is 1.63. The van der Waals surface area contributed by atoms with E-state index in [-0.39, 0.29) is 35.6 Å². The van der Waals surface area contributed by atoms with Gasteiger partial charge in [0, 0.05) is 17.7 Å². The van der Waals surface area contributed by atoms with Gasteiger partial charge >= 0.3 is 11.9 Å². The zero-order chi connectivity index (χ0) is 24.1. The molecule has 0 bridgehead atoms. The number of hydrogen-bond acceptors (Lipinski definition) is 9. The molecule has 33 heavy (non-hydrogen) atoms. The molecule has 0 saturated heterocycles. The molecule has 3 aromatic rings. The van der Waals surface area contributed by atoms with Gasteiger partial charge in [-0.25, -0.2) is 14.8 Å². The van der Waals surface area contributed by atoms with Gasteiger partial charge in [-0.1, -0.05) is 22.6 Å². The van der Waals surface area contributed by atoms with Gasteiger partial charge < -0.3 is 26.6 Å². The fourth-order valence-electron chi connectivity index (χ4n) is 2.76. The molecule has 13 nitrogen and oxygen atoms in total. The minimum Gasteiger partial charge on any atom is -0.480 e. The minimum absolute atomic E-state index is 0.0533. The van der Waals surface area contributed by atoms with Crippen LogP contribution in [0.5, 0.6) is 0 Å². The molecule has 0 fully saturated rings. The summed E-state index contributed by atoms with van der Waals surface area (Å²) >= 11 is 1.61. The zero-order valence-corrected chi connectivity index (χ0v) is 18.9. The molecule has 3 rings (SSSR count). The molecule has 14 heteroatoms. The third-order valence-electron chi connectivity index (χ3n) is 4.42. The second-order valence-corrected chi connectivity index (χ2v) is 8.32. The number of benzene rings is 1. The Kier molecular flexibility index (Phi) is 7.37. The molecule has 2 unspecified atom stereocenters. The van der Waals surface area contributed by atoms with Crippen molar-refractivity contribution in [3.8, 4) is 0 Å². The quantitative estimate of drug-likeness (QED) is 0.153. The van der Waals surface area contributed by atoms with Gasteiger partial charge in [-0.15, -0.1) is 0 Å². The first-order valence-corrected chi connectivity index (χ1v) is 10.6. The molecule has 0 aliphatic heterocycles. The number of nitrogens with one attached hydrogen (secondary N) is 3. The number of aliphatic carboxylic acids is 2. The molecular weight excluding hydrogens is 549 g/mol. The second-order valence-electron chi connectivity index (χ2n) is 6.82. The Bertz CT molecular complexity index is 1260. The third kappa shape index (κ3) is 6.12. The van der Waals surface area contributed by atoms with E-state index in [1.54, 1.807) is 34.7 Å². The van der Waals surface area contributed by atoms with E-state index in [1.807, 2.05) is 0 Å². The number of rotatable bonds is 9. The fourth-order valence-corrected chi connectivity index (χ4v) is 3.27. The normalized spacial score (nSPS) is 12.6. The molecule has 7 N–H and O–H groups in total. The van der Waals surface area contributed by atoms with Gasteiger partial charge in [0.2, 0.25) is 5.95 Å². The lowest BCUT2D eigenvalue weighted by atomic mass is 10.1. The van der Waals surface area contributed by atoms with E-state index in [1.165, 1.54) is 18.3 Å². The molecule has 1 amide bonds. The van der Waals surface area contributed by atoms with Crippen molar-refractivity contribution in [3.63, 3.8) is 0 Å². The van der Waals surface area contributed by atoms with E-state index in [0.717, 1.165) is 0 Å². The number of anilines is 2. The summed E-state index contributed by atoms with van der Waals surface area (Å²) in [6.07, 6.45) is 1.20. The highest BCUT2D eigenvalue weighted by atomic mass is 127. The number of alkyl halides is 1. The maximum Gasteiger partial charge on any atom is 0.326 e. The van der Waals surface area contributed by atoms with Crippen molar-refractivity contribution in [1.82, 2.24) is 25.3 Å². The number of amides is 1. The molecule has 2 atom stereocenters. The van der Waals surface area contributed by atoms with Crippen molar-refractivity contribution < 1.29 is 24.6 Å². The number of carboxylic acid groups (broad SMARTS) is 2. The number of aromatic amines is 1. The maximum atomic E-state index is 12.4. The maximum absolute atomic E-state index is 12.4. The Morgan fingerprint density at radius 1 is 1.12 bits per heavy atom. The van der Waals surface area contributed by atoms with Gasteiger partial charge in [0.15, 0.2) is 11.2 Å². The summed E-state index contributed by atoms with van der Waals surface area (Å²) in [7, 11) is 0. The highest BCUT2D eigenvalue weighted by Crippen LogP contribution is 2.14. The van der Waals surface area contributed by atoms with Crippen LogP contribution in [0.2, 0.25) is 0 Å². The highest BCUT2D eigenvalue weighted by molar-refractivity contribution is 14.1. The summed E-state index contributed by atoms with van der Waals surface area (Å²) in [4.78, 5) is 61.2. The van der Waals surface area contributed by atoms with Crippen LogP contribution in [0.25, 0.3) is 11.2 Å². The molecular formula is C19H18IN7O6. The second kappa shape index (κ2) is 10.2. The van der Waals surface area contributed by atoms with Crippen LogP contribution in [0.4, 0.5) is 11.6 Å². The van der Waals surface area contributed by atoms with E-state index in [2.05, 4.69) is 30.6 Å². The van der Waals surface area contributed by atoms with E-state index >= 15 is 0 Å². The number of carboxylic acids is 2. The third-order valence-corrected chi connectivity index (χ3v) is 5.46. The van der Waals surface area contributed by atoms with Crippen LogP contribution < -0.4 is 21.9 Å². The smallest absolute Gasteiger partial charge is 0.326 e. The topological polar surface area (TPSA) is 213 Å². The van der Waals surface area contributed by atoms with Crippen molar-refractivity contribution in [2.75, 3.05) is 11.1 Å². The summed E-state index contributed by atoms with van der Waals surface area (Å²) < 4.78 is -0.961. The average Bonchev–Trinajstić information content (AvgIpc) is 2.77. The largest absolute Gasteiger partial charge is 0.480 e. The Hall–Kier alpha value is -3.82. The lowest BCUT2D eigenvalue weighted by molar-refractivity contribution is -0.140. The van der Waals surface area contributed by atoms with Crippen LogP contribution in [-0.2, 0) is 16.1 Å². The van der Waals surface area contributed by atoms with E-state index in [9.17, 15) is 24.3 Å². The van der Waals surface area contributed by atoms with E-state index in [0.29, 0.717) is 11.4 Å². The lowest BCUT2D eigenvalue weighted by Gasteiger charge is -2.16. The van der Waals surface area contributed by atoms with Gasteiger partial charge in [-0.2, -0.15) is 4.98 Å². The summed E-state index contributed by atoms with van der Waals surface area (Å²) in [6.45, 7) is 0.228. The fraction of sp³-hybridized carbons (Fsp3) is 0.211.